The van der Waals surface area contributed by atoms with Crippen molar-refractivity contribution in [2.24, 2.45) is 0 Å². The molecule has 0 radical (unpaired) electrons. The summed E-state index contributed by atoms with van der Waals surface area (Å²) in [6, 6.07) is 0. The van der Waals surface area contributed by atoms with E-state index in [-0.39, 0.29) is 11.8 Å². The molecule has 3 N–H and O–H groups in total. The van der Waals surface area contributed by atoms with Gasteiger partial charge in [0.05, 0.1) is 6.54 Å². The first kappa shape index (κ1) is 10.4. The number of nitrogens with two attached hydrogens (primary N) is 1. The maximum Gasteiger partial charge on any atom is 0.291 e. The van der Waals surface area contributed by atoms with E-state index in [9.17, 15) is 13.6 Å². The van der Waals surface area contributed by atoms with Crippen LogP contribution in [0.2, 0.25) is 0 Å². The number of aromatic nitrogens is 3. The fraction of sp³-hybridized carbons (Fsp3) is 0.500. The van der Waals surface area contributed by atoms with Crippen molar-refractivity contribution in [1.29, 1.82) is 0 Å². The number of nitrogens with one attached hydrogen (secondary N) is 1. The number of nitrogen functional groups attached to an aromatic ring is 1. The van der Waals surface area contributed by atoms with E-state index in [0.717, 1.165) is 4.90 Å². The average molecular weight is 205 g/mol. The molecule has 8 heteroatoms. The van der Waals surface area contributed by atoms with Crippen LogP contribution in [-0.4, -0.2) is 46.0 Å². The van der Waals surface area contributed by atoms with Gasteiger partial charge >= 0.3 is 0 Å². The van der Waals surface area contributed by atoms with Crippen LogP contribution in [0.5, 0.6) is 0 Å². The van der Waals surface area contributed by atoms with Crippen LogP contribution in [0, 0.1) is 0 Å². The highest BCUT2D eigenvalue weighted by atomic mass is 19.3. The molecule has 0 fully saturated rings. The monoisotopic (exact) mass is 205 g/mol. The summed E-state index contributed by atoms with van der Waals surface area (Å²) < 4.78 is 23.8. The molecular formula is C6H9F2N5O. The van der Waals surface area contributed by atoms with Gasteiger partial charge in [0.25, 0.3) is 12.3 Å². The van der Waals surface area contributed by atoms with Gasteiger partial charge in [-0.15, -0.1) is 5.10 Å². The Hall–Kier alpha value is -1.73. The number of carbonyl (C=O) groups is 1. The molecular weight excluding hydrogens is 196 g/mol. The number of amides is 1. The predicted octanol–water partition coefficient (Wildman–Crippen LogP) is -0.276. The summed E-state index contributed by atoms with van der Waals surface area (Å²) in [6.07, 6.45) is -2.58. The molecule has 1 heterocycles. The van der Waals surface area contributed by atoms with Gasteiger partial charge < -0.3 is 10.6 Å². The van der Waals surface area contributed by atoms with Crippen molar-refractivity contribution in [3.05, 3.63) is 5.82 Å². The van der Waals surface area contributed by atoms with Crippen molar-refractivity contribution in [1.82, 2.24) is 20.1 Å². The molecule has 0 aliphatic rings. The first-order chi connectivity index (χ1) is 6.50. The fourth-order valence-electron chi connectivity index (χ4n) is 0.841. The molecule has 0 atom stereocenters. The Morgan fingerprint density at radius 3 is 2.79 bits per heavy atom. The third-order valence-electron chi connectivity index (χ3n) is 1.46. The number of aromatic amines is 1. The zero-order valence-corrected chi connectivity index (χ0v) is 7.37. The van der Waals surface area contributed by atoms with Gasteiger partial charge in [-0.25, -0.2) is 8.78 Å². The van der Waals surface area contributed by atoms with Gasteiger partial charge in [0.2, 0.25) is 11.8 Å². The maximum atomic E-state index is 11.9. The van der Waals surface area contributed by atoms with Gasteiger partial charge in [-0.05, 0) is 0 Å². The van der Waals surface area contributed by atoms with E-state index in [1.807, 2.05) is 0 Å². The van der Waals surface area contributed by atoms with Gasteiger partial charge in [0, 0.05) is 7.05 Å². The van der Waals surface area contributed by atoms with Gasteiger partial charge in [0.1, 0.15) is 0 Å². The standard InChI is InChI=1S/C6H9F2N5O/c1-13(2-3(7)8)5(14)4-10-6(9)12-11-4/h3H,2H2,1H3,(H3,9,10,11,12). The van der Waals surface area contributed by atoms with Crippen molar-refractivity contribution in [3.8, 4) is 0 Å². The molecule has 1 rings (SSSR count). The van der Waals surface area contributed by atoms with E-state index >= 15 is 0 Å². The van der Waals surface area contributed by atoms with Crippen LogP contribution in [-0.2, 0) is 0 Å². The number of hydrogen-bond donors (Lipinski definition) is 2. The molecule has 0 aliphatic heterocycles. The normalized spacial score (nSPS) is 10.6. The SMILES string of the molecule is CN(CC(F)F)C(=O)c1nc(N)n[nH]1. The quantitative estimate of drug-likeness (QED) is 0.710. The van der Waals surface area contributed by atoms with Crippen molar-refractivity contribution >= 4 is 11.9 Å². The van der Waals surface area contributed by atoms with E-state index in [1.54, 1.807) is 0 Å². The van der Waals surface area contributed by atoms with Crippen molar-refractivity contribution in [3.63, 3.8) is 0 Å². The largest absolute Gasteiger partial charge is 0.366 e. The third kappa shape index (κ3) is 2.38. The topological polar surface area (TPSA) is 87.9 Å². The van der Waals surface area contributed by atoms with Crippen molar-refractivity contribution in [2.75, 3.05) is 19.3 Å². The number of nitrogens with zero attached hydrogens (tertiary/aromatic N) is 3. The van der Waals surface area contributed by atoms with Crippen LogP contribution in [0.3, 0.4) is 0 Å². The molecule has 1 aromatic rings. The first-order valence-electron chi connectivity index (χ1n) is 3.72. The summed E-state index contributed by atoms with van der Waals surface area (Å²) in [6.45, 7) is -0.653. The van der Waals surface area contributed by atoms with Gasteiger partial charge in [-0.3, -0.25) is 9.89 Å². The molecule has 0 aliphatic carbocycles. The Kier molecular flexibility index (Phi) is 2.95. The van der Waals surface area contributed by atoms with E-state index in [2.05, 4.69) is 15.2 Å². The van der Waals surface area contributed by atoms with E-state index in [1.165, 1.54) is 7.05 Å². The summed E-state index contributed by atoms with van der Waals surface area (Å²) in [5.74, 6) is -0.918. The summed E-state index contributed by atoms with van der Waals surface area (Å²) in [7, 11) is 1.24. The Balaban J connectivity index is 2.65. The molecule has 0 aromatic carbocycles. The minimum Gasteiger partial charge on any atom is -0.366 e. The Labute approximate surface area is 78.1 Å². The van der Waals surface area contributed by atoms with Crippen LogP contribution in [0.1, 0.15) is 10.6 Å². The Morgan fingerprint density at radius 1 is 1.71 bits per heavy atom. The minimum absolute atomic E-state index is 0.0983. The van der Waals surface area contributed by atoms with Crippen molar-refractivity contribution < 1.29 is 13.6 Å². The minimum atomic E-state index is -2.58. The second-order valence-corrected chi connectivity index (χ2v) is 2.62. The lowest BCUT2D eigenvalue weighted by molar-refractivity contribution is 0.0610. The highest BCUT2D eigenvalue weighted by Crippen LogP contribution is 2.01. The molecule has 14 heavy (non-hydrogen) atoms. The molecule has 0 saturated heterocycles. The maximum absolute atomic E-state index is 11.9. The van der Waals surface area contributed by atoms with Crippen LogP contribution in [0.4, 0.5) is 14.7 Å². The molecule has 0 spiro atoms. The lowest BCUT2D eigenvalue weighted by Gasteiger charge is -2.13. The van der Waals surface area contributed by atoms with Crippen LogP contribution in [0.15, 0.2) is 0 Å². The van der Waals surface area contributed by atoms with Gasteiger partial charge in [0.15, 0.2) is 0 Å². The lowest BCUT2D eigenvalue weighted by atomic mass is 10.5. The molecule has 0 bridgehead atoms. The number of alkyl halides is 2. The highest BCUT2D eigenvalue weighted by Gasteiger charge is 2.18. The average Bonchev–Trinajstić information content (AvgIpc) is 2.49. The summed E-state index contributed by atoms with van der Waals surface area (Å²) in [5.41, 5.74) is 5.15. The summed E-state index contributed by atoms with van der Waals surface area (Å²) in [4.78, 5) is 15.6. The number of hydrogen-bond acceptors (Lipinski definition) is 4. The summed E-state index contributed by atoms with van der Waals surface area (Å²) >= 11 is 0. The third-order valence-corrected chi connectivity index (χ3v) is 1.46. The first-order valence-corrected chi connectivity index (χ1v) is 3.72. The second-order valence-electron chi connectivity index (χ2n) is 2.62. The van der Waals surface area contributed by atoms with E-state index < -0.39 is 18.9 Å². The molecule has 1 amide bonds. The van der Waals surface area contributed by atoms with Crippen LogP contribution < -0.4 is 5.73 Å². The molecule has 0 saturated carbocycles. The van der Waals surface area contributed by atoms with Crippen molar-refractivity contribution in [2.45, 2.75) is 6.43 Å². The van der Waals surface area contributed by atoms with E-state index in [4.69, 9.17) is 5.73 Å². The zero-order valence-electron chi connectivity index (χ0n) is 7.37. The lowest BCUT2D eigenvalue weighted by Crippen LogP contribution is -2.32. The number of anilines is 1. The summed E-state index contributed by atoms with van der Waals surface area (Å²) in [5, 5.41) is 5.64. The van der Waals surface area contributed by atoms with Gasteiger partial charge in [-0.1, -0.05) is 0 Å². The zero-order chi connectivity index (χ0) is 10.7. The smallest absolute Gasteiger partial charge is 0.291 e. The molecule has 1 aromatic heterocycles. The number of rotatable bonds is 3. The van der Waals surface area contributed by atoms with Crippen LogP contribution in [0.25, 0.3) is 0 Å². The molecule has 6 nitrogen and oxygen atoms in total. The highest BCUT2D eigenvalue weighted by molar-refractivity contribution is 5.90. The Bertz CT molecular complexity index is 326. The molecule has 78 valence electrons. The number of carbonyl (C=O) groups excluding carboxylic acids is 1. The van der Waals surface area contributed by atoms with E-state index in [0.29, 0.717) is 0 Å². The second kappa shape index (κ2) is 3.99. The predicted molar refractivity (Wildman–Crippen MR) is 43.8 cm³/mol. The van der Waals surface area contributed by atoms with Gasteiger partial charge in [-0.2, -0.15) is 4.98 Å². The number of H-pyrrole nitrogens is 1. The Morgan fingerprint density at radius 2 is 2.36 bits per heavy atom. The fourth-order valence-corrected chi connectivity index (χ4v) is 0.841. The number of halogens is 2. The van der Waals surface area contributed by atoms with Crippen LogP contribution >= 0.6 is 0 Å². The molecule has 0 unspecified atom stereocenters.